The molecule has 0 fully saturated rings. The van der Waals surface area contributed by atoms with Gasteiger partial charge < -0.3 is 23.9 Å². The molecule has 1 heterocycles. The summed E-state index contributed by atoms with van der Waals surface area (Å²) in [7, 11) is 3.01. The van der Waals surface area contributed by atoms with E-state index in [0.29, 0.717) is 22.8 Å². The van der Waals surface area contributed by atoms with E-state index in [4.69, 9.17) is 18.6 Å². The van der Waals surface area contributed by atoms with Crippen LogP contribution in [0.15, 0.2) is 52.9 Å². The number of amides is 1. The lowest BCUT2D eigenvalue weighted by Gasteiger charge is -2.15. The summed E-state index contributed by atoms with van der Waals surface area (Å²) < 4.78 is 21.0. The Bertz CT molecular complexity index is 945. The molecule has 0 aliphatic heterocycles. The summed E-state index contributed by atoms with van der Waals surface area (Å²) in [6.07, 6.45) is -1.04. The maximum Gasteiger partial charge on any atom is 0.375 e. The number of ether oxygens (including phenoxy) is 3. The molecule has 1 aromatic heterocycles. The number of methoxy groups -OCH3 is 2. The van der Waals surface area contributed by atoms with Crippen molar-refractivity contribution in [1.29, 1.82) is 0 Å². The summed E-state index contributed by atoms with van der Waals surface area (Å²) >= 11 is 0. The van der Waals surface area contributed by atoms with Crippen LogP contribution in [0.4, 0.5) is 5.69 Å². The fraction of sp³-hybridized carbons (Fsp3) is 0.200. The molecule has 7 heteroatoms. The number of hydrogen-bond donors (Lipinski definition) is 1. The van der Waals surface area contributed by atoms with Gasteiger partial charge in [-0.3, -0.25) is 4.79 Å². The molecule has 0 radical (unpaired) electrons. The average molecular weight is 369 g/mol. The number of anilines is 1. The van der Waals surface area contributed by atoms with Gasteiger partial charge in [0, 0.05) is 11.5 Å². The minimum absolute atomic E-state index is 0.0369. The third kappa shape index (κ3) is 4.03. The topological polar surface area (TPSA) is 87.0 Å². The van der Waals surface area contributed by atoms with Crippen LogP contribution in [-0.2, 0) is 9.53 Å². The van der Waals surface area contributed by atoms with Gasteiger partial charge in [0.2, 0.25) is 5.76 Å². The van der Waals surface area contributed by atoms with Crippen molar-refractivity contribution >= 4 is 28.5 Å². The van der Waals surface area contributed by atoms with Crippen molar-refractivity contribution in [1.82, 2.24) is 0 Å². The predicted octanol–water partition coefficient (Wildman–Crippen LogP) is 3.63. The van der Waals surface area contributed by atoms with E-state index in [1.807, 2.05) is 12.1 Å². The predicted molar refractivity (Wildman–Crippen MR) is 99.3 cm³/mol. The second-order valence-corrected chi connectivity index (χ2v) is 5.75. The SMILES string of the molecule is COc1ccc(OC)c(NC(=O)[C@@H](C)OC(=O)c2cc3ccccc3o2)c1. The summed E-state index contributed by atoms with van der Waals surface area (Å²) in [5, 5.41) is 3.45. The van der Waals surface area contributed by atoms with Gasteiger partial charge in [-0.05, 0) is 31.2 Å². The monoisotopic (exact) mass is 369 g/mol. The lowest BCUT2D eigenvalue weighted by Crippen LogP contribution is -2.30. The van der Waals surface area contributed by atoms with Crippen LogP contribution in [0.25, 0.3) is 11.0 Å². The number of furan rings is 1. The molecule has 0 spiro atoms. The first kappa shape index (κ1) is 18.3. The van der Waals surface area contributed by atoms with Gasteiger partial charge in [-0.25, -0.2) is 4.79 Å². The highest BCUT2D eigenvalue weighted by molar-refractivity contribution is 5.98. The van der Waals surface area contributed by atoms with Crippen LogP contribution in [0.1, 0.15) is 17.5 Å². The van der Waals surface area contributed by atoms with Crippen LogP contribution in [-0.4, -0.2) is 32.2 Å². The standard InChI is InChI=1S/C20H19NO6/c1-12(19(22)21-15-11-14(24-2)8-9-17(15)25-3)26-20(23)18-10-13-6-4-5-7-16(13)27-18/h4-12H,1-3H3,(H,21,22)/t12-/m1/s1. The highest BCUT2D eigenvalue weighted by atomic mass is 16.6. The van der Waals surface area contributed by atoms with Gasteiger partial charge in [0.05, 0.1) is 19.9 Å². The first-order chi connectivity index (χ1) is 13.0. The number of hydrogen-bond acceptors (Lipinski definition) is 6. The van der Waals surface area contributed by atoms with Crippen molar-refractivity contribution in [2.45, 2.75) is 13.0 Å². The Labute approximate surface area is 155 Å². The molecule has 2 aromatic carbocycles. The number of carbonyl (C=O) groups is 2. The maximum atomic E-state index is 12.4. The number of para-hydroxylation sites is 1. The average Bonchev–Trinajstić information content (AvgIpc) is 3.12. The Morgan fingerprint density at radius 2 is 1.81 bits per heavy atom. The van der Waals surface area contributed by atoms with E-state index in [-0.39, 0.29) is 5.76 Å². The van der Waals surface area contributed by atoms with Crippen LogP contribution in [0.2, 0.25) is 0 Å². The van der Waals surface area contributed by atoms with Gasteiger partial charge in [0.15, 0.2) is 6.10 Å². The van der Waals surface area contributed by atoms with Crippen molar-refractivity contribution < 1.29 is 28.2 Å². The number of esters is 1. The van der Waals surface area contributed by atoms with Gasteiger partial charge in [-0.2, -0.15) is 0 Å². The summed E-state index contributed by atoms with van der Waals surface area (Å²) in [5.41, 5.74) is 0.983. The van der Waals surface area contributed by atoms with Crippen LogP contribution in [0, 0.1) is 0 Å². The molecule has 0 unspecified atom stereocenters. The molecule has 0 saturated heterocycles. The number of nitrogens with one attached hydrogen (secondary N) is 1. The largest absolute Gasteiger partial charge is 0.497 e. The molecular weight excluding hydrogens is 350 g/mol. The van der Waals surface area contributed by atoms with Gasteiger partial charge in [0.1, 0.15) is 17.1 Å². The minimum Gasteiger partial charge on any atom is -0.497 e. The zero-order valence-corrected chi connectivity index (χ0v) is 15.1. The molecular formula is C20H19NO6. The second-order valence-electron chi connectivity index (χ2n) is 5.75. The fourth-order valence-corrected chi connectivity index (χ4v) is 2.50. The first-order valence-electron chi connectivity index (χ1n) is 8.24. The number of benzene rings is 2. The second kappa shape index (κ2) is 7.82. The maximum absolute atomic E-state index is 12.4. The lowest BCUT2D eigenvalue weighted by atomic mass is 10.2. The number of carbonyl (C=O) groups excluding carboxylic acids is 2. The quantitative estimate of drug-likeness (QED) is 0.668. The molecule has 1 atom stereocenters. The third-order valence-corrected chi connectivity index (χ3v) is 3.94. The smallest absolute Gasteiger partial charge is 0.375 e. The Balaban J connectivity index is 1.69. The van der Waals surface area contributed by atoms with E-state index in [2.05, 4.69) is 5.32 Å². The van der Waals surface area contributed by atoms with E-state index in [1.165, 1.54) is 21.1 Å². The van der Waals surface area contributed by atoms with Crippen LogP contribution in [0.3, 0.4) is 0 Å². The van der Waals surface area contributed by atoms with Crippen LogP contribution >= 0.6 is 0 Å². The molecule has 1 amide bonds. The highest BCUT2D eigenvalue weighted by Crippen LogP contribution is 2.29. The molecule has 3 aromatic rings. The molecule has 0 aliphatic carbocycles. The van der Waals surface area contributed by atoms with E-state index in [0.717, 1.165) is 5.39 Å². The van der Waals surface area contributed by atoms with E-state index in [1.54, 1.807) is 36.4 Å². The number of fused-ring (bicyclic) bond motifs is 1. The van der Waals surface area contributed by atoms with Crippen molar-refractivity contribution in [3.63, 3.8) is 0 Å². The summed E-state index contributed by atoms with van der Waals surface area (Å²) in [4.78, 5) is 24.7. The van der Waals surface area contributed by atoms with Crippen molar-refractivity contribution in [3.05, 3.63) is 54.3 Å². The molecule has 7 nitrogen and oxygen atoms in total. The van der Waals surface area contributed by atoms with E-state index < -0.39 is 18.0 Å². The fourth-order valence-electron chi connectivity index (χ4n) is 2.50. The van der Waals surface area contributed by atoms with Gasteiger partial charge in [0.25, 0.3) is 5.91 Å². The van der Waals surface area contributed by atoms with Crippen molar-refractivity contribution in [2.24, 2.45) is 0 Å². The van der Waals surface area contributed by atoms with Gasteiger partial charge >= 0.3 is 5.97 Å². The van der Waals surface area contributed by atoms with E-state index in [9.17, 15) is 9.59 Å². The molecule has 0 aliphatic rings. The Morgan fingerprint density at radius 3 is 2.52 bits per heavy atom. The van der Waals surface area contributed by atoms with Crippen LogP contribution in [0.5, 0.6) is 11.5 Å². The van der Waals surface area contributed by atoms with Gasteiger partial charge in [-0.15, -0.1) is 0 Å². The molecule has 3 rings (SSSR count). The van der Waals surface area contributed by atoms with Gasteiger partial charge in [-0.1, -0.05) is 18.2 Å². The molecule has 140 valence electrons. The lowest BCUT2D eigenvalue weighted by molar-refractivity contribution is -0.123. The Kier molecular flexibility index (Phi) is 5.30. The molecule has 0 bridgehead atoms. The molecule has 27 heavy (non-hydrogen) atoms. The van der Waals surface area contributed by atoms with E-state index >= 15 is 0 Å². The summed E-state index contributed by atoms with van der Waals surface area (Å²) in [6, 6.07) is 13.8. The molecule has 0 saturated carbocycles. The normalized spacial score (nSPS) is 11.7. The Morgan fingerprint density at radius 1 is 1.04 bits per heavy atom. The van der Waals surface area contributed by atoms with Crippen molar-refractivity contribution in [3.8, 4) is 11.5 Å². The Hall–Kier alpha value is -3.48. The highest BCUT2D eigenvalue weighted by Gasteiger charge is 2.22. The molecule has 1 N–H and O–H groups in total. The number of rotatable bonds is 6. The third-order valence-electron chi connectivity index (χ3n) is 3.94. The minimum atomic E-state index is -1.04. The zero-order chi connectivity index (χ0) is 19.4. The van der Waals surface area contributed by atoms with Crippen molar-refractivity contribution in [2.75, 3.05) is 19.5 Å². The van der Waals surface area contributed by atoms with Crippen LogP contribution < -0.4 is 14.8 Å². The summed E-state index contributed by atoms with van der Waals surface area (Å²) in [5.74, 6) is -0.176. The first-order valence-corrected chi connectivity index (χ1v) is 8.24. The summed E-state index contributed by atoms with van der Waals surface area (Å²) in [6.45, 7) is 1.47. The zero-order valence-electron chi connectivity index (χ0n) is 15.1.